The summed E-state index contributed by atoms with van der Waals surface area (Å²) in [7, 11) is 0. The standard InChI is InChI=1S/C29H17N5S2/c1-3-9-24-22(7-1)33-28(35-24)21-11-13-32-27(29-34-23-8-2-4-10-25(23)36-29)26(21)20-14-19(16-31-17-20)18-6-5-12-30-15-18/h1-17H. The molecule has 0 aliphatic carbocycles. The highest BCUT2D eigenvalue weighted by molar-refractivity contribution is 7.22. The van der Waals surface area contributed by atoms with Gasteiger partial charge in [0.25, 0.3) is 0 Å². The van der Waals surface area contributed by atoms with Crippen LogP contribution in [0.3, 0.4) is 0 Å². The van der Waals surface area contributed by atoms with E-state index in [1.54, 1.807) is 28.9 Å². The van der Waals surface area contributed by atoms with Crippen molar-refractivity contribution in [3.05, 3.63) is 104 Å². The number of pyridine rings is 3. The Morgan fingerprint density at radius 2 is 1.25 bits per heavy atom. The molecule has 5 nitrogen and oxygen atoms in total. The molecule has 0 atom stereocenters. The second-order valence-corrected chi connectivity index (χ2v) is 10.3. The van der Waals surface area contributed by atoms with Crippen LogP contribution in [0.25, 0.3) is 64.0 Å². The van der Waals surface area contributed by atoms with Gasteiger partial charge >= 0.3 is 0 Å². The Labute approximate surface area is 214 Å². The van der Waals surface area contributed by atoms with Crippen LogP contribution in [-0.2, 0) is 0 Å². The molecule has 2 aromatic carbocycles. The number of para-hydroxylation sites is 2. The van der Waals surface area contributed by atoms with Gasteiger partial charge in [0, 0.05) is 58.8 Å². The summed E-state index contributed by atoms with van der Waals surface area (Å²) in [5.74, 6) is 0. The van der Waals surface area contributed by atoms with Gasteiger partial charge in [0.1, 0.15) is 15.7 Å². The summed E-state index contributed by atoms with van der Waals surface area (Å²) in [5, 5.41) is 1.82. The molecule has 5 heterocycles. The van der Waals surface area contributed by atoms with Crippen molar-refractivity contribution >= 4 is 43.1 Å². The summed E-state index contributed by atoms with van der Waals surface area (Å²) in [4.78, 5) is 23.6. The lowest BCUT2D eigenvalue weighted by molar-refractivity contribution is 1.28. The van der Waals surface area contributed by atoms with Gasteiger partial charge in [0.05, 0.1) is 20.4 Å². The highest BCUT2D eigenvalue weighted by Crippen LogP contribution is 2.43. The minimum atomic E-state index is 0.832. The largest absolute Gasteiger partial charge is 0.264 e. The van der Waals surface area contributed by atoms with E-state index in [9.17, 15) is 0 Å². The molecule has 0 spiro atoms. The molecule has 0 amide bonds. The molecule has 7 aromatic rings. The summed E-state index contributed by atoms with van der Waals surface area (Å²) < 4.78 is 2.28. The molecule has 5 aromatic heterocycles. The van der Waals surface area contributed by atoms with Crippen LogP contribution in [0.1, 0.15) is 0 Å². The van der Waals surface area contributed by atoms with Gasteiger partial charge in [0.15, 0.2) is 0 Å². The van der Waals surface area contributed by atoms with E-state index in [0.717, 1.165) is 64.0 Å². The first-order valence-corrected chi connectivity index (χ1v) is 13.0. The average Bonchev–Trinajstić information content (AvgIpc) is 3.58. The van der Waals surface area contributed by atoms with Crippen molar-refractivity contribution in [2.45, 2.75) is 0 Å². The molecule has 0 radical (unpaired) electrons. The summed E-state index contributed by atoms with van der Waals surface area (Å²) >= 11 is 3.33. The number of rotatable bonds is 4. The van der Waals surface area contributed by atoms with E-state index in [2.05, 4.69) is 34.2 Å². The highest BCUT2D eigenvalue weighted by atomic mass is 32.1. The van der Waals surface area contributed by atoms with E-state index in [4.69, 9.17) is 15.0 Å². The van der Waals surface area contributed by atoms with Gasteiger partial charge in [-0.2, -0.15) is 0 Å². The first-order chi connectivity index (χ1) is 17.8. The molecule has 0 saturated heterocycles. The summed E-state index contributed by atoms with van der Waals surface area (Å²) in [6.45, 7) is 0. The van der Waals surface area contributed by atoms with Crippen LogP contribution in [0.2, 0.25) is 0 Å². The molecule has 36 heavy (non-hydrogen) atoms. The normalized spacial score (nSPS) is 11.3. The lowest BCUT2D eigenvalue weighted by Gasteiger charge is -2.12. The molecule has 0 N–H and O–H groups in total. The first-order valence-electron chi connectivity index (χ1n) is 11.4. The van der Waals surface area contributed by atoms with Gasteiger partial charge in [-0.25, -0.2) is 9.97 Å². The van der Waals surface area contributed by atoms with Crippen molar-refractivity contribution in [2.24, 2.45) is 0 Å². The highest BCUT2D eigenvalue weighted by Gasteiger charge is 2.21. The van der Waals surface area contributed by atoms with Gasteiger partial charge in [0.2, 0.25) is 0 Å². The molecule has 0 aliphatic rings. The summed E-state index contributed by atoms with van der Waals surface area (Å²) in [6, 6.07) is 24.6. The molecule has 7 heteroatoms. The van der Waals surface area contributed by atoms with E-state index in [-0.39, 0.29) is 0 Å². The van der Waals surface area contributed by atoms with Crippen LogP contribution in [0.15, 0.2) is 104 Å². The number of hydrogen-bond acceptors (Lipinski definition) is 7. The Morgan fingerprint density at radius 3 is 2.00 bits per heavy atom. The van der Waals surface area contributed by atoms with Crippen molar-refractivity contribution in [1.29, 1.82) is 0 Å². The SMILES string of the molecule is c1cncc(-c2cncc(-c3c(-c4nc5ccccc5s4)ccnc3-c3nc4ccccc4s3)c2)c1. The average molecular weight is 500 g/mol. The van der Waals surface area contributed by atoms with E-state index in [1.165, 1.54) is 0 Å². The molecule has 170 valence electrons. The van der Waals surface area contributed by atoms with E-state index >= 15 is 0 Å². The Kier molecular flexibility index (Phi) is 5.08. The maximum Gasteiger partial charge on any atom is 0.143 e. The van der Waals surface area contributed by atoms with Crippen molar-refractivity contribution in [3.63, 3.8) is 0 Å². The van der Waals surface area contributed by atoms with Crippen molar-refractivity contribution in [1.82, 2.24) is 24.9 Å². The Bertz CT molecular complexity index is 1700. The molecule has 0 fully saturated rings. The molecular weight excluding hydrogens is 482 g/mol. The molecule has 0 aliphatic heterocycles. The van der Waals surface area contributed by atoms with Crippen LogP contribution < -0.4 is 0 Å². The molecule has 7 rings (SSSR count). The maximum absolute atomic E-state index is 4.97. The smallest absolute Gasteiger partial charge is 0.143 e. The third kappa shape index (κ3) is 3.66. The minimum absolute atomic E-state index is 0.832. The number of aromatic nitrogens is 5. The van der Waals surface area contributed by atoms with E-state index < -0.39 is 0 Å². The zero-order valence-electron chi connectivity index (χ0n) is 18.9. The van der Waals surface area contributed by atoms with E-state index in [0.29, 0.717) is 0 Å². The number of hydrogen-bond donors (Lipinski definition) is 0. The van der Waals surface area contributed by atoms with Crippen molar-refractivity contribution in [3.8, 4) is 43.5 Å². The van der Waals surface area contributed by atoms with Gasteiger partial charge in [-0.05, 0) is 42.5 Å². The zero-order valence-corrected chi connectivity index (χ0v) is 20.5. The fraction of sp³-hybridized carbons (Fsp3) is 0. The van der Waals surface area contributed by atoms with Gasteiger partial charge in [-0.15, -0.1) is 22.7 Å². The predicted molar refractivity (Wildman–Crippen MR) is 148 cm³/mol. The Morgan fingerprint density at radius 1 is 0.556 bits per heavy atom. The Balaban J connectivity index is 1.50. The van der Waals surface area contributed by atoms with Gasteiger partial charge < -0.3 is 0 Å². The first kappa shape index (κ1) is 21.0. The van der Waals surface area contributed by atoms with Crippen LogP contribution >= 0.6 is 22.7 Å². The van der Waals surface area contributed by atoms with Crippen LogP contribution in [0.4, 0.5) is 0 Å². The quantitative estimate of drug-likeness (QED) is 0.248. The van der Waals surface area contributed by atoms with Crippen molar-refractivity contribution in [2.75, 3.05) is 0 Å². The van der Waals surface area contributed by atoms with Crippen LogP contribution in [-0.4, -0.2) is 24.9 Å². The molecule has 0 unspecified atom stereocenters. The number of nitrogens with zero attached hydrogens (tertiary/aromatic N) is 5. The summed E-state index contributed by atoms with van der Waals surface area (Å²) in [5.41, 5.74) is 7.76. The maximum atomic E-state index is 4.97. The topological polar surface area (TPSA) is 64.5 Å². The second-order valence-electron chi connectivity index (χ2n) is 8.26. The third-order valence-electron chi connectivity index (χ3n) is 5.99. The molecule has 0 saturated carbocycles. The fourth-order valence-electron chi connectivity index (χ4n) is 4.32. The number of benzene rings is 2. The van der Waals surface area contributed by atoms with E-state index in [1.807, 2.05) is 73.3 Å². The van der Waals surface area contributed by atoms with Crippen LogP contribution in [0.5, 0.6) is 0 Å². The van der Waals surface area contributed by atoms with Gasteiger partial charge in [-0.1, -0.05) is 30.3 Å². The Hall–Kier alpha value is -4.33. The zero-order chi connectivity index (χ0) is 23.9. The molecular formula is C29H17N5S2. The van der Waals surface area contributed by atoms with Gasteiger partial charge in [-0.3, -0.25) is 15.0 Å². The lowest BCUT2D eigenvalue weighted by atomic mass is 9.97. The van der Waals surface area contributed by atoms with Crippen molar-refractivity contribution < 1.29 is 0 Å². The third-order valence-corrected chi connectivity index (χ3v) is 8.11. The summed E-state index contributed by atoms with van der Waals surface area (Å²) in [6.07, 6.45) is 9.24. The monoisotopic (exact) mass is 499 g/mol. The second kappa shape index (κ2) is 8.71. The lowest BCUT2D eigenvalue weighted by Crippen LogP contribution is -1.94. The van der Waals surface area contributed by atoms with Crippen LogP contribution in [0, 0.1) is 0 Å². The minimum Gasteiger partial charge on any atom is -0.264 e. The number of thiazole rings is 2. The number of fused-ring (bicyclic) bond motifs is 2. The fourth-order valence-corrected chi connectivity index (χ4v) is 6.29. The molecule has 0 bridgehead atoms. The predicted octanol–water partition coefficient (Wildman–Crippen LogP) is 7.76.